The summed E-state index contributed by atoms with van der Waals surface area (Å²) in [7, 11) is 0. The molecule has 2 amide bonds. The molecule has 1 aliphatic heterocycles. The Hall–Kier alpha value is -2.78. The molecular weight excluding hydrogens is 369 g/mol. The van der Waals surface area contributed by atoms with E-state index in [0.29, 0.717) is 21.8 Å². The topological polar surface area (TPSA) is 95.9 Å². The summed E-state index contributed by atoms with van der Waals surface area (Å²) in [5.41, 5.74) is 1.26. The number of amides is 2. The molecule has 7 nitrogen and oxygen atoms in total. The molecule has 0 saturated carbocycles. The predicted octanol–water partition coefficient (Wildman–Crippen LogP) is 1.66. The number of nitrogens with zero attached hydrogens (tertiary/aromatic N) is 1. The van der Waals surface area contributed by atoms with E-state index in [9.17, 15) is 27.6 Å². The lowest BCUT2D eigenvalue weighted by Crippen LogP contribution is -2.43. The van der Waals surface area contributed by atoms with Crippen molar-refractivity contribution >= 4 is 17.8 Å². The van der Waals surface area contributed by atoms with Gasteiger partial charge < -0.3 is 20.1 Å². The molecule has 27 heavy (non-hydrogen) atoms. The average molecular weight is 388 g/mol. The van der Waals surface area contributed by atoms with Crippen LogP contribution < -0.4 is 10.1 Å². The molecule has 0 radical (unpaired) electrons. The van der Waals surface area contributed by atoms with Crippen LogP contribution in [-0.2, 0) is 9.59 Å². The molecule has 1 unspecified atom stereocenters. The van der Waals surface area contributed by atoms with Crippen LogP contribution in [0.5, 0.6) is 5.75 Å². The standard InChI is InChI=1S/C17H19F3N2O5/c1-9-5-11(6-10(2)14(9)27-7-13(23)24)15(25)21-12-3-4-22(16(12)26)8-17(18,19)20/h5-6,12H,3-4,7-8H2,1-2H3,(H,21,25)(H,23,24). The number of carboxylic acids is 1. The lowest BCUT2D eigenvalue weighted by molar-refractivity contribution is -0.157. The number of benzene rings is 1. The first kappa shape index (κ1) is 20.5. The number of carboxylic acid groups (broad SMARTS) is 1. The maximum absolute atomic E-state index is 12.4. The molecule has 1 heterocycles. The maximum atomic E-state index is 12.4. The van der Waals surface area contributed by atoms with Crippen LogP contribution in [-0.4, -0.2) is 59.7 Å². The van der Waals surface area contributed by atoms with Gasteiger partial charge in [-0.3, -0.25) is 9.59 Å². The number of carbonyl (C=O) groups is 3. The minimum Gasteiger partial charge on any atom is -0.481 e. The quantitative estimate of drug-likeness (QED) is 0.773. The molecule has 10 heteroatoms. The van der Waals surface area contributed by atoms with Gasteiger partial charge in [0.05, 0.1) is 0 Å². The van der Waals surface area contributed by atoms with E-state index >= 15 is 0 Å². The van der Waals surface area contributed by atoms with E-state index in [-0.39, 0.29) is 18.5 Å². The Labute approximate surface area is 153 Å². The van der Waals surface area contributed by atoms with Crippen LogP contribution in [0.2, 0.25) is 0 Å². The molecule has 0 aromatic heterocycles. The number of rotatable bonds is 6. The number of likely N-dealkylation sites (tertiary alicyclic amines) is 1. The Morgan fingerprint density at radius 2 is 1.89 bits per heavy atom. The zero-order chi connectivity index (χ0) is 20.4. The number of aryl methyl sites for hydroxylation is 2. The second-order valence-electron chi connectivity index (χ2n) is 6.31. The number of aliphatic carboxylic acids is 1. The van der Waals surface area contributed by atoms with E-state index in [4.69, 9.17) is 9.84 Å². The van der Waals surface area contributed by atoms with Crippen LogP contribution in [0.25, 0.3) is 0 Å². The number of nitrogens with one attached hydrogen (secondary N) is 1. The molecule has 0 bridgehead atoms. The lowest BCUT2D eigenvalue weighted by Gasteiger charge is -2.19. The van der Waals surface area contributed by atoms with E-state index in [2.05, 4.69) is 5.32 Å². The van der Waals surface area contributed by atoms with Crippen LogP contribution in [0.4, 0.5) is 13.2 Å². The Bertz CT molecular complexity index is 740. The molecule has 1 aromatic carbocycles. The summed E-state index contributed by atoms with van der Waals surface area (Å²) in [5, 5.41) is 11.1. The highest BCUT2D eigenvalue weighted by atomic mass is 19.4. The zero-order valence-corrected chi connectivity index (χ0v) is 14.7. The van der Waals surface area contributed by atoms with Crippen LogP contribution >= 0.6 is 0 Å². The predicted molar refractivity (Wildman–Crippen MR) is 87.6 cm³/mol. The van der Waals surface area contributed by atoms with E-state index < -0.39 is 43.2 Å². The minimum atomic E-state index is -4.49. The van der Waals surface area contributed by atoms with Crippen molar-refractivity contribution in [1.82, 2.24) is 10.2 Å². The van der Waals surface area contributed by atoms with Crippen molar-refractivity contribution in [2.45, 2.75) is 32.5 Å². The number of halogens is 3. The summed E-state index contributed by atoms with van der Waals surface area (Å²) in [6.07, 6.45) is -4.40. The van der Waals surface area contributed by atoms with Gasteiger partial charge in [-0.2, -0.15) is 13.2 Å². The van der Waals surface area contributed by atoms with Gasteiger partial charge in [0.2, 0.25) is 5.91 Å². The van der Waals surface area contributed by atoms with Crippen LogP contribution in [0.15, 0.2) is 12.1 Å². The van der Waals surface area contributed by atoms with Gasteiger partial charge in [0, 0.05) is 12.1 Å². The number of hydrogen-bond donors (Lipinski definition) is 2. The number of ether oxygens (including phenoxy) is 1. The van der Waals surface area contributed by atoms with Gasteiger partial charge >= 0.3 is 12.1 Å². The molecule has 1 aromatic rings. The Kier molecular flexibility index (Phi) is 5.97. The first-order valence-electron chi connectivity index (χ1n) is 8.10. The summed E-state index contributed by atoms with van der Waals surface area (Å²) in [6, 6.07) is 1.92. The molecule has 0 spiro atoms. The molecule has 2 N–H and O–H groups in total. The van der Waals surface area contributed by atoms with Gasteiger partial charge in [0.1, 0.15) is 18.3 Å². The van der Waals surface area contributed by atoms with Gasteiger partial charge in [-0.1, -0.05) is 0 Å². The molecule has 1 fully saturated rings. The Balaban J connectivity index is 2.06. The van der Waals surface area contributed by atoms with E-state index in [1.807, 2.05) is 0 Å². The average Bonchev–Trinajstić information content (AvgIpc) is 2.85. The molecule has 1 saturated heterocycles. The van der Waals surface area contributed by atoms with Gasteiger partial charge in [-0.15, -0.1) is 0 Å². The van der Waals surface area contributed by atoms with E-state index in [1.165, 1.54) is 12.1 Å². The molecular formula is C17H19F3N2O5. The van der Waals surface area contributed by atoms with Crippen molar-refractivity contribution in [3.05, 3.63) is 28.8 Å². The van der Waals surface area contributed by atoms with Crippen molar-refractivity contribution in [2.75, 3.05) is 19.7 Å². The van der Waals surface area contributed by atoms with E-state index in [0.717, 1.165) is 0 Å². The largest absolute Gasteiger partial charge is 0.481 e. The third-order valence-corrected chi connectivity index (χ3v) is 4.04. The summed E-state index contributed by atoms with van der Waals surface area (Å²) >= 11 is 0. The fourth-order valence-electron chi connectivity index (χ4n) is 2.93. The highest BCUT2D eigenvalue weighted by Gasteiger charge is 2.39. The van der Waals surface area contributed by atoms with Crippen molar-refractivity contribution in [3.8, 4) is 5.75 Å². The molecule has 2 rings (SSSR count). The monoisotopic (exact) mass is 388 g/mol. The van der Waals surface area contributed by atoms with Gasteiger partial charge in [0.15, 0.2) is 6.61 Å². The number of carbonyl (C=O) groups excluding carboxylic acids is 2. The van der Waals surface area contributed by atoms with Crippen molar-refractivity contribution < 1.29 is 37.4 Å². The Morgan fingerprint density at radius 3 is 2.41 bits per heavy atom. The summed E-state index contributed by atoms with van der Waals surface area (Å²) < 4.78 is 42.5. The number of hydrogen-bond acceptors (Lipinski definition) is 4. The van der Waals surface area contributed by atoms with Crippen molar-refractivity contribution in [1.29, 1.82) is 0 Å². The van der Waals surface area contributed by atoms with Crippen LogP contribution in [0, 0.1) is 13.8 Å². The first-order chi connectivity index (χ1) is 12.5. The third kappa shape index (κ3) is 5.35. The second kappa shape index (κ2) is 7.85. The van der Waals surface area contributed by atoms with Crippen LogP contribution in [0.3, 0.4) is 0 Å². The van der Waals surface area contributed by atoms with Gasteiger partial charge in [-0.05, 0) is 43.5 Å². The van der Waals surface area contributed by atoms with Crippen molar-refractivity contribution in [2.24, 2.45) is 0 Å². The normalized spacial score (nSPS) is 17.1. The second-order valence-corrected chi connectivity index (χ2v) is 6.31. The van der Waals surface area contributed by atoms with E-state index in [1.54, 1.807) is 13.8 Å². The fourth-order valence-corrected chi connectivity index (χ4v) is 2.93. The molecule has 0 aliphatic carbocycles. The summed E-state index contributed by atoms with van der Waals surface area (Å²) in [6.45, 7) is 1.31. The maximum Gasteiger partial charge on any atom is 0.406 e. The molecule has 1 atom stereocenters. The smallest absolute Gasteiger partial charge is 0.406 e. The molecule has 148 valence electrons. The van der Waals surface area contributed by atoms with Crippen LogP contribution in [0.1, 0.15) is 27.9 Å². The summed E-state index contributed by atoms with van der Waals surface area (Å²) in [4.78, 5) is 35.7. The first-order valence-corrected chi connectivity index (χ1v) is 8.10. The van der Waals surface area contributed by atoms with Gasteiger partial charge in [-0.25, -0.2) is 4.79 Å². The highest BCUT2D eigenvalue weighted by Crippen LogP contribution is 2.25. The number of alkyl halides is 3. The SMILES string of the molecule is Cc1cc(C(=O)NC2CCN(CC(F)(F)F)C2=O)cc(C)c1OCC(=O)O. The minimum absolute atomic E-state index is 0.0800. The lowest BCUT2D eigenvalue weighted by atomic mass is 10.0. The summed E-state index contributed by atoms with van der Waals surface area (Å²) in [5.74, 6) is -2.17. The Morgan fingerprint density at radius 1 is 1.30 bits per heavy atom. The zero-order valence-electron chi connectivity index (χ0n) is 14.7. The molecule has 1 aliphatic rings. The third-order valence-electron chi connectivity index (χ3n) is 4.04. The highest BCUT2D eigenvalue weighted by molar-refractivity contribution is 5.98. The van der Waals surface area contributed by atoms with Crippen molar-refractivity contribution in [3.63, 3.8) is 0 Å². The fraction of sp³-hybridized carbons (Fsp3) is 0.471. The van der Waals surface area contributed by atoms with Gasteiger partial charge in [0.25, 0.3) is 5.91 Å².